The van der Waals surface area contributed by atoms with E-state index in [1.54, 1.807) is 18.2 Å². The van der Waals surface area contributed by atoms with Gasteiger partial charge in [-0.25, -0.2) is 4.39 Å². The zero-order valence-electron chi connectivity index (χ0n) is 14.0. The molecule has 0 fully saturated rings. The zero-order valence-corrected chi connectivity index (χ0v) is 15.5. The predicted octanol–water partition coefficient (Wildman–Crippen LogP) is 2.77. The zero-order chi connectivity index (χ0) is 19.2. The molecule has 0 aromatic heterocycles. The maximum Gasteiger partial charge on any atom is 0.254 e. The smallest absolute Gasteiger partial charge is 0.254 e. The van der Waals surface area contributed by atoms with Crippen molar-refractivity contribution in [3.8, 4) is 0 Å². The fourth-order valence-corrected chi connectivity index (χ4v) is 2.74. The number of aryl methyl sites for hydroxylation is 1. The van der Waals surface area contributed by atoms with E-state index in [2.05, 4.69) is 0 Å². The van der Waals surface area contributed by atoms with Crippen LogP contribution in [0.3, 0.4) is 0 Å². The van der Waals surface area contributed by atoms with Gasteiger partial charge in [0.05, 0.1) is 16.1 Å². The third kappa shape index (κ3) is 7.18. The van der Waals surface area contributed by atoms with Crippen LogP contribution in [0.15, 0.2) is 18.2 Å². The second-order valence-corrected chi connectivity index (χ2v) is 7.19. The van der Waals surface area contributed by atoms with E-state index in [0.717, 1.165) is 12.5 Å². The first-order valence-corrected chi connectivity index (χ1v) is 8.68. The average Bonchev–Trinajstić information content (AvgIpc) is 2.52. The summed E-state index contributed by atoms with van der Waals surface area (Å²) in [6.07, 6.45) is 0.0120. The molecule has 140 valence electrons. The second-order valence-electron chi connectivity index (χ2n) is 6.38. The molecule has 0 radical (unpaired) electrons. The molecule has 0 aliphatic carbocycles. The number of hydrogen-bond acceptors (Lipinski definition) is 3. The van der Waals surface area contributed by atoms with E-state index < -0.39 is 29.5 Å². The highest BCUT2D eigenvalue weighted by atomic mass is 35.5. The Morgan fingerprint density at radius 1 is 1.24 bits per heavy atom. The van der Waals surface area contributed by atoms with Crippen molar-refractivity contribution in [2.45, 2.75) is 50.8 Å². The number of carbonyl (C=O) groups is 2. The number of benzene rings is 1. The molecular weight excluding hydrogens is 370 g/mol. The lowest BCUT2D eigenvalue weighted by molar-refractivity contribution is -0.130. The van der Waals surface area contributed by atoms with Gasteiger partial charge in [-0.2, -0.15) is 0 Å². The molecule has 2 amide bonds. The Morgan fingerprint density at radius 3 is 2.40 bits per heavy atom. The third-order valence-electron chi connectivity index (χ3n) is 4.19. The summed E-state index contributed by atoms with van der Waals surface area (Å²) >= 11 is 11.8. The summed E-state index contributed by atoms with van der Waals surface area (Å²) in [7, 11) is 0. The van der Waals surface area contributed by atoms with E-state index >= 15 is 0 Å². The minimum absolute atomic E-state index is 0.0368. The molecule has 1 aromatic rings. The lowest BCUT2D eigenvalue weighted by Gasteiger charge is -2.21. The summed E-state index contributed by atoms with van der Waals surface area (Å²) in [4.78, 5) is 22.5. The number of primary amides is 2. The second kappa shape index (κ2) is 9.36. The highest BCUT2D eigenvalue weighted by Crippen LogP contribution is 2.25. The van der Waals surface area contributed by atoms with Crippen molar-refractivity contribution in [3.05, 3.63) is 33.8 Å². The van der Waals surface area contributed by atoms with E-state index in [4.69, 9.17) is 34.7 Å². The highest BCUT2D eigenvalue weighted by molar-refractivity contribution is 6.42. The molecule has 1 aromatic carbocycles. The van der Waals surface area contributed by atoms with Crippen molar-refractivity contribution >= 4 is 35.0 Å². The first kappa shape index (κ1) is 21.7. The molecule has 0 saturated heterocycles. The summed E-state index contributed by atoms with van der Waals surface area (Å²) in [5.41, 5.74) is 8.97. The Balaban J connectivity index is 2.55. The van der Waals surface area contributed by atoms with Crippen LogP contribution < -0.4 is 11.5 Å². The quantitative estimate of drug-likeness (QED) is 0.569. The SMILES string of the molecule is CC(F)(CC[C@H](C[C@@H](O)CCc1ccc(Cl)c(Cl)c1)C(N)=O)C(N)=O. The van der Waals surface area contributed by atoms with Gasteiger partial charge >= 0.3 is 0 Å². The first-order chi connectivity index (χ1) is 11.5. The largest absolute Gasteiger partial charge is 0.393 e. The van der Waals surface area contributed by atoms with Crippen LogP contribution in [0.2, 0.25) is 10.0 Å². The summed E-state index contributed by atoms with van der Waals surface area (Å²) in [5, 5.41) is 11.0. The third-order valence-corrected chi connectivity index (χ3v) is 4.92. The van der Waals surface area contributed by atoms with Gasteiger partial charge in [0.2, 0.25) is 5.91 Å². The molecule has 1 rings (SSSR count). The molecule has 3 atom stereocenters. The van der Waals surface area contributed by atoms with Gasteiger partial charge in [-0.3, -0.25) is 9.59 Å². The minimum Gasteiger partial charge on any atom is -0.393 e. The maximum absolute atomic E-state index is 13.9. The van der Waals surface area contributed by atoms with E-state index in [-0.39, 0.29) is 19.3 Å². The number of nitrogens with two attached hydrogens (primary N) is 2. The molecule has 0 saturated carbocycles. The summed E-state index contributed by atoms with van der Waals surface area (Å²) < 4.78 is 13.9. The number of aliphatic hydroxyl groups is 1. The van der Waals surface area contributed by atoms with Crippen LogP contribution >= 0.6 is 23.2 Å². The first-order valence-electron chi connectivity index (χ1n) is 7.93. The molecule has 25 heavy (non-hydrogen) atoms. The van der Waals surface area contributed by atoms with Gasteiger partial charge in [0.25, 0.3) is 5.91 Å². The van der Waals surface area contributed by atoms with Crippen LogP contribution in [0.4, 0.5) is 4.39 Å². The molecule has 0 bridgehead atoms. The van der Waals surface area contributed by atoms with Gasteiger partial charge in [-0.1, -0.05) is 29.3 Å². The van der Waals surface area contributed by atoms with Crippen molar-refractivity contribution in [1.29, 1.82) is 0 Å². The van der Waals surface area contributed by atoms with Crippen molar-refractivity contribution < 1.29 is 19.1 Å². The Bertz CT molecular complexity index is 626. The van der Waals surface area contributed by atoms with E-state index in [1.165, 1.54) is 0 Å². The van der Waals surface area contributed by atoms with E-state index in [0.29, 0.717) is 22.9 Å². The summed E-state index contributed by atoms with van der Waals surface area (Å²) in [5.74, 6) is -2.47. The number of rotatable bonds is 10. The Morgan fingerprint density at radius 2 is 1.88 bits per heavy atom. The van der Waals surface area contributed by atoms with Crippen LogP contribution in [-0.4, -0.2) is 28.7 Å². The van der Waals surface area contributed by atoms with Crippen LogP contribution in [0, 0.1) is 5.92 Å². The predicted molar refractivity (Wildman–Crippen MR) is 96.0 cm³/mol. The van der Waals surface area contributed by atoms with Gasteiger partial charge in [0, 0.05) is 5.92 Å². The van der Waals surface area contributed by atoms with Gasteiger partial charge in [-0.05, 0) is 56.7 Å². The highest BCUT2D eigenvalue weighted by Gasteiger charge is 2.32. The minimum atomic E-state index is -2.21. The molecular formula is C17H23Cl2FN2O3. The average molecular weight is 393 g/mol. The summed E-state index contributed by atoms with van der Waals surface area (Å²) in [6.45, 7) is 1.06. The number of carbonyl (C=O) groups excluding carboxylic acids is 2. The molecule has 5 N–H and O–H groups in total. The van der Waals surface area contributed by atoms with E-state index in [1.807, 2.05) is 0 Å². The van der Waals surface area contributed by atoms with Gasteiger partial charge in [0.15, 0.2) is 5.67 Å². The van der Waals surface area contributed by atoms with E-state index in [9.17, 15) is 19.1 Å². The monoisotopic (exact) mass is 392 g/mol. The number of alkyl halides is 1. The number of aliphatic hydroxyl groups excluding tert-OH is 1. The number of hydrogen-bond donors (Lipinski definition) is 3. The Labute approximate surface area is 156 Å². The van der Waals surface area contributed by atoms with Gasteiger partial charge in [0.1, 0.15) is 0 Å². The number of amides is 2. The molecule has 8 heteroatoms. The molecule has 1 unspecified atom stereocenters. The van der Waals surface area contributed by atoms with Gasteiger partial charge in [-0.15, -0.1) is 0 Å². The van der Waals surface area contributed by atoms with Crippen molar-refractivity contribution in [2.24, 2.45) is 17.4 Å². The molecule has 0 aliphatic rings. The maximum atomic E-state index is 13.9. The van der Waals surface area contributed by atoms with Gasteiger partial charge < -0.3 is 16.6 Å². The van der Waals surface area contributed by atoms with Crippen LogP contribution in [-0.2, 0) is 16.0 Å². The standard InChI is InChI=1S/C17H23Cl2FN2O3/c1-17(20,16(22)25)7-6-11(15(21)24)9-12(23)4-2-10-3-5-13(18)14(19)8-10/h3,5,8,11-12,23H,2,4,6-7,9H2,1H3,(H2,21,24)(H2,22,25)/t11-,12+,17?/m1/s1. The molecule has 0 heterocycles. The van der Waals surface area contributed by atoms with Crippen LogP contribution in [0.5, 0.6) is 0 Å². The van der Waals surface area contributed by atoms with Crippen molar-refractivity contribution in [1.82, 2.24) is 0 Å². The molecule has 0 spiro atoms. The van der Waals surface area contributed by atoms with Crippen LogP contribution in [0.25, 0.3) is 0 Å². The topological polar surface area (TPSA) is 106 Å². The van der Waals surface area contributed by atoms with Crippen LogP contribution in [0.1, 0.15) is 38.2 Å². The molecule has 0 aliphatic heterocycles. The lowest BCUT2D eigenvalue weighted by atomic mass is 9.89. The Kier molecular flexibility index (Phi) is 8.12. The summed E-state index contributed by atoms with van der Waals surface area (Å²) in [6, 6.07) is 5.18. The fraction of sp³-hybridized carbons (Fsp3) is 0.529. The number of halogens is 3. The lowest BCUT2D eigenvalue weighted by Crippen LogP contribution is -2.38. The fourth-order valence-electron chi connectivity index (χ4n) is 2.42. The molecule has 5 nitrogen and oxygen atoms in total. The normalized spacial score (nSPS) is 16.0. The van der Waals surface area contributed by atoms with Crippen molar-refractivity contribution in [2.75, 3.05) is 0 Å². The van der Waals surface area contributed by atoms with Crippen molar-refractivity contribution in [3.63, 3.8) is 0 Å². The Hall–Kier alpha value is -1.37.